The fourth-order valence-corrected chi connectivity index (χ4v) is 7.11. The molecule has 0 amide bonds. The maximum atomic E-state index is 13.9. The van der Waals surface area contributed by atoms with Crippen LogP contribution in [-0.4, -0.2) is 25.1 Å². The molecule has 0 unspecified atom stereocenters. The minimum atomic E-state index is -0.403. The van der Waals surface area contributed by atoms with Crippen molar-refractivity contribution < 1.29 is 9.50 Å². The van der Waals surface area contributed by atoms with Crippen LogP contribution in [0.1, 0.15) is 62.9 Å². The molecule has 1 N–H and O–H groups in total. The van der Waals surface area contributed by atoms with Gasteiger partial charge in [-0.1, -0.05) is 38.8 Å². The summed E-state index contributed by atoms with van der Waals surface area (Å²) in [6.07, 6.45) is 6.81. The zero-order chi connectivity index (χ0) is 28.7. The van der Waals surface area contributed by atoms with E-state index in [1.54, 1.807) is 18.3 Å². The van der Waals surface area contributed by atoms with E-state index in [4.69, 9.17) is 5.10 Å². The lowest BCUT2D eigenvalue weighted by Gasteiger charge is -2.49. The number of nitriles is 1. The summed E-state index contributed by atoms with van der Waals surface area (Å²) in [6.45, 7) is 6.32. The molecule has 2 heterocycles. The second-order valence-electron chi connectivity index (χ2n) is 11.7. The smallest absolute Gasteiger partial charge is 0.123 e. The molecule has 7 heteroatoms. The molecule has 0 radical (unpaired) electrons. The van der Waals surface area contributed by atoms with E-state index in [0.29, 0.717) is 12.0 Å². The third-order valence-corrected chi connectivity index (χ3v) is 9.08. The van der Waals surface area contributed by atoms with Gasteiger partial charge in [0.1, 0.15) is 11.6 Å². The van der Waals surface area contributed by atoms with Crippen molar-refractivity contribution in [3.05, 3.63) is 94.9 Å². The van der Waals surface area contributed by atoms with Gasteiger partial charge in [0.2, 0.25) is 0 Å². The van der Waals surface area contributed by atoms with E-state index in [9.17, 15) is 14.8 Å². The normalized spacial score (nSPS) is 21.7. The first kappa shape index (κ1) is 26.9. The van der Waals surface area contributed by atoms with Gasteiger partial charge in [-0.25, -0.2) is 9.07 Å². The molecule has 208 valence electrons. The van der Waals surface area contributed by atoms with Crippen LogP contribution in [0, 0.1) is 35.9 Å². The number of benzene rings is 2. The third-order valence-electron chi connectivity index (χ3n) is 9.08. The molecule has 2 aliphatic carbocycles. The Morgan fingerprint density at radius 1 is 1.10 bits per heavy atom. The number of halogens is 1. The molecule has 0 spiro atoms. The standard InChI is InChI=1S/C34H34FN5O/c1-4-5-6-28-30-16-15-29-31(23-7-11-26(35)12-8-23)39-40(33(29)34(30,3)18-25(19-36)32(28)41)27-13-9-22(10-14-27)24-17-21(2)38-37-20-24/h7-14,17,20,28,30,41H,4-6,15-16,18H2,1-3H3/t28-,30-,34-/m1/s1. The van der Waals surface area contributed by atoms with E-state index in [1.165, 1.54) is 12.1 Å². The van der Waals surface area contributed by atoms with Crippen molar-refractivity contribution in [2.75, 3.05) is 0 Å². The number of hydrogen-bond donors (Lipinski definition) is 1. The Balaban J connectivity index is 1.53. The Morgan fingerprint density at radius 3 is 2.51 bits per heavy atom. The summed E-state index contributed by atoms with van der Waals surface area (Å²) in [7, 11) is 0. The van der Waals surface area contributed by atoms with Crippen molar-refractivity contribution in [1.82, 2.24) is 20.0 Å². The van der Waals surface area contributed by atoms with Crippen LogP contribution in [0.3, 0.4) is 0 Å². The first-order valence-electron chi connectivity index (χ1n) is 14.4. The van der Waals surface area contributed by atoms with Gasteiger partial charge in [0.25, 0.3) is 0 Å². The second kappa shape index (κ2) is 10.6. The van der Waals surface area contributed by atoms with Crippen molar-refractivity contribution in [3.8, 4) is 34.1 Å². The van der Waals surface area contributed by atoms with Crippen molar-refractivity contribution in [1.29, 1.82) is 5.26 Å². The number of fused-ring (bicyclic) bond motifs is 3. The Labute approximate surface area is 240 Å². The van der Waals surface area contributed by atoms with Gasteiger partial charge < -0.3 is 5.11 Å². The minimum Gasteiger partial charge on any atom is -0.511 e. The zero-order valence-electron chi connectivity index (χ0n) is 23.7. The van der Waals surface area contributed by atoms with E-state index >= 15 is 0 Å². The average Bonchev–Trinajstić information content (AvgIpc) is 3.38. The van der Waals surface area contributed by atoms with E-state index in [2.05, 4.69) is 54.4 Å². The van der Waals surface area contributed by atoms with Crippen LogP contribution in [-0.2, 0) is 11.8 Å². The maximum absolute atomic E-state index is 13.9. The summed E-state index contributed by atoms with van der Waals surface area (Å²) in [4.78, 5) is 0. The molecular weight excluding hydrogens is 513 g/mol. The molecule has 2 aromatic carbocycles. The van der Waals surface area contributed by atoms with Crippen LogP contribution in [0.4, 0.5) is 4.39 Å². The van der Waals surface area contributed by atoms with Gasteiger partial charge in [-0.3, -0.25) is 0 Å². The van der Waals surface area contributed by atoms with Crippen LogP contribution in [0.5, 0.6) is 0 Å². The molecule has 2 aromatic heterocycles. The van der Waals surface area contributed by atoms with Crippen molar-refractivity contribution in [2.24, 2.45) is 11.8 Å². The van der Waals surface area contributed by atoms with Crippen molar-refractivity contribution >= 4 is 0 Å². The number of nitrogens with zero attached hydrogens (tertiary/aromatic N) is 5. The lowest BCUT2D eigenvalue weighted by Crippen LogP contribution is -2.46. The highest BCUT2D eigenvalue weighted by Gasteiger charge is 2.52. The summed E-state index contributed by atoms with van der Waals surface area (Å²) in [5.41, 5.74) is 7.82. The first-order chi connectivity index (χ1) is 19.8. The number of aliphatic hydroxyl groups is 1. The van der Waals surface area contributed by atoms with Crippen LogP contribution < -0.4 is 0 Å². The molecule has 2 aliphatic rings. The number of aryl methyl sites for hydroxylation is 1. The fourth-order valence-electron chi connectivity index (χ4n) is 7.11. The highest BCUT2D eigenvalue weighted by molar-refractivity contribution is 5.68. The Kier molecular flexibility index (Phi) is 6.94. The minimum absolute atomic E-state index is 0.0565. The second-order valence-corrected chi connectivity index (χ2v) is 11.7. The number of unbranched alkanes of at least 4 members (excludes halogenated alkanes) is 1. The van der Waals surface area contributed by atoms with Gasteiger partial charge in [0, 0.05) is 28.0 Å². The Morgan fingerprint density at radius 2 is 1.83 bits per heavy atom. The fraction of sp³-hybridized carbons (Fsp3) is 0.353. The van der Waals surface area contributed by atoms with Gasteiger partial charge in [0.15, 0.2) is 0 Å². The Hall–Kier alpha value is -4.31. The van der Waals surface area contributed by atoms with Gasteiger partial charge in [-0.05, 0) is 86.6 Å². The molecule has 4 aromatic rings. The summed E-state index contributed by atoms with van der Waals surface area (Å²) >= 11 is 0. The van der Waals surface area contributed by atoms with E-state index in [-0.39, 0.29) is 23.4 Å². The van der Waals surface area contributed by atoms with Crippen LogP contribution in [0.15, 0.2) is 72.1 Å². The number of aromatic nitrogens is 4. The summed E-state index contributed by atoms with van der Waals surface area (Å²) in [5.74, 6) is 0.123. The van der Waals surface area contributed by atoms with Crippen LogP contribution >= 0.6 is 0 Å². The van der Waals surface area contributed by atoms with Gasteiger partial charge in [-0.2, -0.15) is 20.6 Å². The van der Waals surface area contributed by atoms with Crippen LogP contribution in [0.25, 0.3) is 28.1 Å². The molecule has 41 heavy (non-hydrogen) atoms. The summed E-state index contributed by atoms with van der Waals surface area (Å²) < 4.78 is 15.9. The van der Waals surface area contributed by atoms with E-state index in [1.807, 2.05) is 17.7 Å². The molecule has 0 saturated heterocycles. The highest BCUT2D eigenvalue weighted by atomic mass is 19.1. The lowest BCUT2D eigenvalue weighted by atomic mass is 9.55. The number of aliphatic hydroxyl groups excluding tert-OH is 1. The Bertz CT molecular complexity index is 1660. The first-order valence-corrected chi connectivity index (χ1v) is 14.4. The molecule has 3 atom stereocenters. The number of allylic oxidation sites excluding steroid dienone is 2. The van der Waals surface area contributed by atoms with E-state index < -0.39 is 5.41 Å². The third kappa shape index (κ3) is 4.61. The molecule has 0 fully saturated rings. The van der Waals surface area contributed by atoms with Gasteiger partial charge >= 0.3 is 0 Å². The quantitative estimate of drug-likeness (QED) is 0.266. The van der Waals surface area contributed by atoms with E-state index in [0.717, 1.165) is 77.1 Å². The predicted molar refractivity (Wildman–Crippen MR) is 157 cm³/mol. The van der Waals surface area contributed by atoms with Crippen molar-refractivity contribution in [2.45, 2.75) is 64.7 Å². The topological polar surface area (TPSA) is 87.6 Å². The molecule has 0 saturated carbocycles. The predicted octanol–water partition coefficient (Wildman–Crippen LogP) is 7.81. The molecule has 0 bridgehead atoms. The zero-order valence-corrected chi connectivity index (χ0v) is 23.7. The highest BCUT2D eigenvalue weighted by Crippen LogP contribution is 2.56. The van der Waals surface area contributed by atoms with Crippen LogP contribution in [0.2, 0.25) is 0 Å². The summed E-state index contributed by atoms with van der Waals surface area (Å²) in [5, 5.41) is 34.6. The largest absolute Gasteiger partial charge is 0.511 e. The summed E-state index contributed by atoms with van der Waals surface area (Å²) in [6, 6.07) is 19.1. The van der Waals surface area contributed by atoms with Gasteiger partial charge in [-0.15, -0.1) is 0 Å². The lowest BCUT2D eigenvalue weighted by molar-refractivity contribution is 0.116. The number of hydrogen-bond acceptors (Lipinski definition) is 5. The average molecular weight is 548 g/mol. The van der Waals surface area contributed by atoms with Crippen molar-refractivity contribution in [3.63, 3.8) is 0 Å². The SMILES string of the molecule is CCCC[C@H]1C(O)=C(C#N)C[C@@]2(C)c3c(c(-c4ccc(F)cc4)nn3-c3ccc(-c4cnnc(C)c4)cc3)CC[C@H]12. The number of rotatable bonds is 6. The molecule has 0 aliphatic heterocycles. The van der Waals surface area contributed by atoms with Gasteiger partial charge in [0.05, 0.1) is 40.6 Å². The molecule has 6 nitrogen and oxygen atoms in total. The molecule has 6 rings (SSSR count). The maximum Gasteiger partial charge on any atom is 0.123 e. The molecular formula is C34H34FN5O. The monoisotopic (exact) mass is 547 g/mol.